The van der Waals surface area contributed by atoms with Crippen LogP contribution in [0.1, 0.15) is 26.2 Å². The standard InChI is InChI=1S/C15H20N4O2/c1-2-18-14-12(7-6-8-16-14)19(15(18)21)11-13(20)17-9-4-3-5-10-17/h6-8H,2-5,9-11H2,1H3. The number of hydrogen-bond donors (Lipinski definition) is 0. The number of amides is 1. The molecule has 0 saturated carbocycles. The molecule has 0 unspecified atom stereocenters. The molecule has 3 rings (SSSR count). The lowest BCUT2D eigenvalue weighted by atomic mass is 10.1. The predicted octanol–water partition coefficient (Wildman–Crippen LogP) is 1.23. The summed E-state index contributed by atoms with van der Waals surface area (Å²) < 4.78 is 3.15. The fourth-order valence-corrected chi connectivity index (χ4v) is 2.96. The third-order valence-electron chi connectivity index (χ3n) is 4.09. The van der Waals surface area contributed by atoms with Gasteiger partial charge in [-0.1, -0.05) is 0 Å². The Balaban J connectivity index is 1.95. The SMILES string of the molecule is CCn1c(=O)n(CC(=O)N2CCCCC2)c2cccnc21. The highest BCUT2D eigenvalue weighted by Gasteiger charge is 2.20. The van der Waals surface area contributed by atoms with Crippen molar-refractivity contribution in [1.82, 2.24) is 19.0 Å². The first-order chi connectivity index (χ1) is 10.2. The minimum Gasteiger partial charge on any atom is -0.341 e. The van der Waals surface area contributed by atoms with Crippen LogP contribution in [0.2, 0.25) is 0 Å². The van der Waals surface area contributed by atoms with Crippen LogP contribution in [0.4, 0.5) is 0 Å². The maximum absolute atomic E-state index is 12.5. The van der Waals surface area contributed by atoms with Crippen molar-refractivity contribution in [3.8, 4) is 0 Å². The van der Waals surface area contributed by atoms with Gasteiger partial charge in [-0.15, -0.1) is 0 Å². The number of likely N-dealkylation sites (tertiary alicyclic amines) is 1. The molecule has 0 radical (unpaired) electrons. The molecule has 6 heteroatoms. The van der Waals surface area contributed by atoms with Gasteiger partial charge in [0.2, 0.25) is 5.91 Å². The van der Waals surface area contributed by atoms with Crippen LogP contribution in [0, 0.1) is 0 Å². The number of carbonyl (C=O) groups is 1. The first-order valence-corrected chi connectivity index (χ1v) is 7.54. The van der Waals surface area contributed by atoms with E-state index < -0.39 is 0 Å². The maximum Gasteiger partial charge on any atom is 0.330 e. The Bertz CT molecular complexity index is 710. The molecule has 21 heavy (non-hydrogen) atoms. The summed E-state index contributed by atoms with van der Waals surface area (Å²) >= 11 is 0. The molecular formula is C15H20N4O2. The van der Waals surface area contributed by atoms with Gasteiger partial charge in [0.15, 0.2) is 5.65 Å². The van der Waals surface area contributed by atoms with Crippen LogP contribution in [0.5, 0.6) is 0 Å². The van der Waals surface area contributed by atoms with Gasteiger partial charge < -0.3 is 4.90 Å². The minimum absolute atomic E-state index is 0.0239. The van der Waals surface area contributed by atoms with Gasteiger partial charge in [-0.25, -0.2) is 9.78 Å². The molecule has 6 nitrogen and oxygen atoms in total. The average Bonchev–Trinajstić information content (AvgIpc) is 2.80. The first kappa shape index (κ1) is 13.9. The van der Waals surface area contributed by atoms with Crippen molar-refractivity contribution in [3.63, 3.8) is 0 Å². The van der Waals surface area contributed by atoms with Gasteiger partial charge in [-0.05, 0) is 38.3 Å². The van der Waals surface area contributed by atoms with E-state index in [0.717, 1.165) is 31.4 Å². The number of piperidine rings is 1. The first-order valence-electron chi connectivity index (χ1n) is 7.54. The highest BCUT2D eigenvalue weighted by atomic mass is 16.2. The zero-order valence-corrected chi connectivity index (χ0v) is 12.3. The van der Waals surface area contributed by atoms with Crippen LogP contribution in [0.15, 0.2) is 23.1 Å². The van der Waals surface area contributed by atoms with E-state index in [0.29, 0.717) is 12.2 Å². The molecule has 2 aromatic heterocycles. The summed E-state index contributed by atoms with van der Waals surface area (Å²) in [5.74, 6) is 0.0239. The van der Waals surface area contributed by atoms with Crippen LogP contribution >= 0.6 is 0 Å². The van der Waals surface area contributed by atoms with Crippen LogP contribution in [0.25, 0.3) is 11.2 Å². The molecule has 1 amide bonds. The van der Waals surface area contributed by atoms with Crippen molar-refractivity contribution in [2.45, 2.75) is 39.3 Å². The molecule has 112 valence electrons. The summed E-state index contributed by atoms with van der Waals surface area (Å²) in [6.07, 6.45) is 4.96. The van der Waals surface area contributed by atoms with Crippen molar-refractivity contribution in [1.29, 1.82) is 0 Å². The number of carbonyl (C=O) groups excluding carboxylic acids is 1. The van der Waals surface area contributed by atoms with Gasteiger partial charge in [0.1, 0.15) is 6.54 Å². The minimum atomic E-state index is -0.156. The van der Waals surface area contributed by atoms with Crippen LogP contribution in [-0.4, -0.2) is 38.0 Å². The molecule has 1 saturated heterocycles. The summed E-state index contributed by atoms with van der Waals surface area (Å²) in [4.78, 5) is 31.0. The number of rotatable bonds is 3. The number of aryl methyl sites for hydroxylation is 1. The predicted molar refractivity (Wildman–Crippen MR) is 80.1 cm³/mol. The second-order valence-corrected chi connectivity index (χ2v) is 5.40. The Morgan fingerprint density at radius 3 is 2.71 bits per heavy atom. The number of aromatic nitrogens is 3. The van der Waals surface area contributed by atoms with Gasteiger partial charge in [-0.3, -0.25) is 13.9 Å². The zero-order valence-electron chi connectivity index (χ0n) is 12.3. The molecular weight excluding hydrogens is 268 g/mol. The van der Waals surface area contributed by atoms with E-state index in [-0.39, 0.29) is 18.1 Å². The second-order valence-electron chi connectivity index (χ2n) is 5.40. The van der Waals surface area contributed by atoms with Gasteiger partial charge in [0.25, 0.3) is 0 Å². The third kappa shape index (κ3) is 2.46. The Hall–Kier alpha value is -2.11. The van der Waals surface area contributed by atoms with Gasteiger partial charge in [-0.2, -0.15) is 0 Å². The van der Waals surface area contributed by atoms with Crippen LogP contribution in [-0.2, 0) is 17.9 Å². The molecule has 0 N–H and O–H groups in total. The van der Waals surface area contributed by atoms with Crippen molar-refractivity contribution in [2.24, 2.45) is 0 Å². The van der Waals surface area contributed by atoms with E-state index in [2.05, 4.69) is 4.98 Å². The van der Waals surface area contributed by atoms with E-state index in [1.165, 1.54) is 6.42 Å². The fraction of sp³-hybridized carbons (Fsp3) is 0.533. The zero-order chi connectivity index (χ0) is 14.8. The summed E-state index contributed by atoms with van der Waals surface area (Å²) in [5, 5.41) is 0. The monoisotopic (exact) mass is 288 g/mol. The number of fused-ring (bicyclic) bond motifs is 1. The highest BCUT2D eigenvalue weighted by molar-refractivity contribution is 5.79. The van der Waals surface area contributed by atoms with Gasteiger partial charge in [0, 0.05) is 25.8 Å². The summed E-state index contributed by atoms with van der Waals surface area (Å²) in [6, 6.07) is 3.64. The Labute approximate surface area is 123 Å². The van der Waals surface area contributed by atoms with Gasteiger partial charge in [0.05, 0.1) is 5.52 Å². The van der Waals surface area contributed by atoms with Crippen molar-refractivity contribution >= 4 is 17.1 Å². The Kier molecular flexibility index (Phi) is 3.77. The van der Waals surface area contributed by atoms with Crippen molar-refractivity contribution in [2.75, 3.05) is 13.1 Å². The lowest BCUT2D eigenvalue weighted by Gasteiger charge is -2.26. The Morgan fingerprint density at radius 2 is 2.00 bits per heavy atom. The molecule has 1 fully saturated rings. The fourth-order valence-electron chi connectivity index (χ4n) is 2.96. The molecule has 3 heterocycles. The molecule has 1 aliphatic rings. The van der Waals surface area contributed by atoms with Crippen LogP contribution < -0.4 is 5.69 Å². The normalized spacial score (nSPS) is 15.6. The molecule has 0 spiro atoms. The van der Waals surface area contributed by atoms with E-state index >= 15 is 0 Å². The smallest absolute Gasteiger partial charge is 0.330 e. The van der Waals surface area contributed by atoms with Gasteiger partial charge >= 0.3 is 5.69 Å². The Morgan fingerprint density at radius 1 is 1.24 bits per heavy atom. The van der Waals surface area contributed by atoms with Crippen molar-refractivity contribution < 1.29 is 4.79 Å². The van der Waals surface area contributed by atoms with Crippen molar-refractivity contribution in [3.05, 3.63) is 28.8 Å². The average molecular weight is 288 g/mol. The molecule has 0 aliphatic carbocycles. The van der Waals surface area contributed by atoms with E-state index in [1.54, 1.807) is 21.4 Å². The summed E-state index contributed by atoms with van der Waals surface area (Å²) in [7, 11) is 0. The number of imidazole rings is 1. The van der Waals surface area contributed by atoms with E-state index in [1.807, 2.05) is 17.9 Å². The molecule has 2 aromatic rings. The lowest BCUT2D eigenvalue weighted by Crippen LogP contribution is -2.39. The third-order valence-corrected chi connectivity index (χ3v) is 4.09. The lowest BCUT2D eigenvalue weighted by molar-refractivity contribution is -0.132. The maximum atomic E-state index is 12.5. The quantitative estimate of drug-likeness (QED) is 0.853. The largest absolute Gasteiger partial charge is 0.341 e. The topological polar surface area (TPSA) is 60.1 Å². The second kappa shape index (κ2) is 5.71. The highest BCUT2D eigenvalue weighted by Crippen LogP contribution is 2.12. The summed E-state index contributed by atoms with van der Waals surface area (Å²) in [5.41, 5.74) is 1.22. The summed E-state index contributed by atoms with van der Waals surface area (Å²) in [6.45, 7) is 4.17. The van der Waals surface area contributed by atoms with E-state index in [4.69, 9.17) is 0 Å². The number of nitrogens with zero attached hydrogens (tertiary/aromatic N) is 4. The van der Waals surface area contributed by atoms with E-state index in [9.17, 15) is 9.59 Å². The molecule has 0 bridgehead atoms. The molecule has 1 aliphatic heterocycles. The molecule has 0 aromatic carbocycles. The van der Waals surface area contributed by atoms with Crippen LogP contribution in [0.3, 0.4) is 0 Å². The number of hydrogen-bond acceptors (Lipinski definition) is 3. The molecule has 0 atom stereocenters. The number of pyridine rings is 1.